The van der Waals surface area contributed by atoms with E-state index in [9.17, 15) is 9.59 Å². The van der Waals surface area contributed by atoms with Gasteiger partial charge in [0.05, 0.1) is 16.8 Å². The van der Waals surface area contributed by atoms with E-state index in [4.69, 9.17) is 4.98 Å². The summed E-state index contributed by atoms with van der Waals surface area (Å²) in [5.41, 5.74) is 2.07. The van der Waals surface area contributed by atoms with Crippen molar-refractivity contribution in [1.29, 1.82) is 0 Å². The number of rotatable bonds is 5. The van der Waals surface area contributed by atoms with E-state index in [-0.39, 0.29) is 18.0 Å². The van der Waals surface area contributed by atoms with E-state index in [1.54, 1.807) is 11.3 Å². The molecule has 5 rings (SSSR count). The molecule has 2 N–H and O–H groups in total. The Bertz CT molecular complexity index is 1020. The smallest absolute Gasteiger partial charge is 0.325 e. The van der Waals surface area contributed by atoms with Crippen molar-refractivity contribution < 1.29 is 14.5 Å². The highest BCUT2D eigenvalue weighted by Crippen LogP contribution is 2.28. The number of nitrogens with zero attached hydrogens (tertiary/aromatic N) is 2. The second-order valence-electron chi connectivity index (χ2n) is 7.74. The number of carbonyl (C=O) groups is 2. The normalized spacial score (nSPS) is 24.4. The Labute approximate surface area is 173 Å². The molecule has 7 heteroatoms. The van der Waals surface area contributed by atoms with Gasteiger partial charge in [0.1, 0.15) is 12.1 Å². The molecule has 2 aromatic carbocycles. The largest absolute Gasteiger partial charge is 0.329 e. The second kappa shape index (κ2) is 7.57. The van der Waals surface area contributed by atoms with Crippen molar-refractivity contribution >= 4 is 33.5 Å². The lowest BCUT2D eigenvalue weighted by atomic mass is 10.1. The lowest BCUT2D eigenvalue weighted by Gasteiger charge is -2.23. The van der Waals surface area contributed by atoms with Gasteiger partial charge in [0.2, 0.25) is 0 Å². The molecule has 3 aromatic rings. The Morgan fingerprint density at radius 1 is 1.10 bits per heavy atom. The number of thiazole rings is 1. The predicted octanol–water partition coefficient (Wildman–Crippen LogP) is 2.14. The molecule has 2 aliphatic rings. The van der Waals surface area contributed by atoms with E-state index in [1.165, 1.54) is 14.5 Å². The summed E-state index contributed by atoms with van der Waals surface area (Å²) in [6.07, 6.45) is 2.64. The molecular formula is C22H23N4O2S+. The summed E-state index contributed by atoms with van der Waals surface area (Å²) in [6, 6.07) is 17.5. The first kappa shape index (κ1) is 18.3. The van der Waals surface area contributed by atoms with E-state index < -0.39 is 6.04 Å². The molecule has 0 radical (unpaired) electrons. The second-order valence-corrected chi connectivity index (χ2v) is 8.80. The van der Waals surface area contributed by atoms with Gasteiger partial charge in [0.25, 0.3) is 5.91 Å². The average Bonchev–Trinajstić information content (AvgIpc) is 3.43. The van der Waals surface area contributed by atoms with Crippen molar-refractivity contribution in [2.24, 2.45) is 0 Å². The molecule has 0 spiro atoms. The number of para-hydroxylation sites is 1. The van der Waals surface area contributed by atoms with Gasteiger partial charge in [0.15, 0.2) is 11.7 Å². The van der Waals surface area contributed by atoms with Crippen LogP contribution in [-0.2, 0) is 11.2 Å². The number of benzene rings is 2. The molecule has 148 valence electrons. The third kappa shape index (κ3) is 3.52. The van der Waals surface area contributed by atoms with Gasteiger partial charge in [-0.1, -0.05) is 42.5 Å². The molecule has 0 bridgehead atoms. The number of likely N-dealkylation sites (tertiary alicyclic amines) is 1. The van der Waals surface area contributed by atoms with E-state index in [2.05, 4.69) is 11.4 Å². The molecule has 1 unspecified atom stereocenters. The number of imide groups is 1. The molecule has 3 atom stereocenters. The van der Waals surface area contributed by atoms with Crippen LogP contribution in [0.4, 0.5) is 4.79 Å². The third-order valence-corrected chi connectivity index (χ3v) is 6.99. The highest BCUT2D eigenvalue weighted by Gasteiger charge is 2.43. The summed E-state index contributed by atoms with van der Waals surface area (Å²) in [5.74, 6) is -0.124. The molecule has 1 aromatic heterocycles. The minimum absolute atomic E-state index is 0.124. The van der Waals surface area contributed by atoms with Crippen LogP contribution in [0.5, 0.6) is 0 Å². The first-order valence-corrected chi connectivity index (χ1v) is 10.9. The maximum absolute atomic E-state index is 12.9. The zero-order valence-electron chi connectivity index (χ0n) is 16.0. The predicted molar refractivity (Wildman–Crippen MR) is 112 cm³/mol. The number of quaternary nitrogens is 1. The van der Waals surface area contributed by atoms with Crippen LogP contribution in [0, 0.1) is 0 Å². The molecule has 0 saturated carbocycles. The Hall–Kier alpha value is -2.77. The molecule has 0 aliphatic carbocycles. The number of nitrogens with one attached hydrogen (secondary N) is 2. The first-order chi connectivity index (χ1) is 14.2. The monoisotopic (exact) mass is 407 g/mol. The number of hydrogen-bond donors (Lipinski definition) is 2. The van der Waals surface area contributed by atoms with Crippen LogP contribution in [0.1, 0.15) is 29.5 Å². The third-order valence-electron chi connectivity index (χ3n) is 5.84. The van der Waals surface area contributed by atoms with Crippen LogP contribution < -0.4 is 10.2 Å². The van der Waals surface area contributed by atoms with Crippen LogP contribution in [0.15, 0.2) is 54.6 Å². The Balaban J connectivity index is 1.31. The van der Waals surface area contributed by atoms with E-state index in [0.717, 1.165) is 35.5 Å². The Kier molecular flexibility index (Phi) is 4.77. The van der Waals surface area contributed by atoms with Crippen molar-refractivity contribution in [3.63, 3.8) is 0 Å². The van der Waals surface area contributed by atoms with E-state index in [1.807, 2.05) is 48.5 Å². The van der Waals surface area contributed by atoms with Gasteiger partial charge in [-0.2, -0.15) is 0 Å². The molecule has 2 fully saturated rings. The summed E-state index contributed by atoms with van der Waals surface area (Å²) >= 11 is 1.72. The summed E-state index contributed by atoms with van der Waals surface area (Å²) < 4.78 is 1.19. The minimum atomic E-state index is -0.479. The zero-order valence-corrected chi connectivity index (χ0v) is 16.8. The molecule has 3 heterocycles. The number of amides is 3. The lowest BCUT2D eigenvalue weighted by molar-refractivity contribution is -0.925. The van der Waals surface area contributed by atoms with Crippen LogP contribution in [-0.4, -0.2) is 41.1 Å². The zero-order chi connectivity index (χ0) is 19.8. The fourth-order valence-electron chi connectivity index (χ4n) is 4.36. The van der Waals surface area contributed by atoms with Gasteiger partial charge in [-0.25, -0.2) is 14.7 Å². The number of hydrogen-bond acceptors (Lipinski definition) is 4. The number of fused-ring (bicyclic) bond motifs is 1. The summed E-state index contributed by atoms with van der Waals surface area (Å²) in [6.45, 7) is 1.34. The van der Waals surface area contributed by atoms with Crippen LogP contribution in [0.25, 0.3) is 10.2 Å². The maximum Gasteiger partial charge on any atom is 0.329 e. The number of urea groups is 1. The molecular weight excluding hydrogens is 384 g/mol. The van der Waals surface area contributed by atoms with Crippen molar-refractivity contribution in [3.8, 4) is 0 Å². The lowest BCUT2D eigenvalue weighted by Crippen LogP contribution is -3.12. The van der Waals surface area contributed by atoms with Gasteiger partial charge in [-0.3, -0.25) is 4.79 Å². The van der Waals surface area contributed by atoms with Gasteiger partial charge < -0.3 is 10.2 Å². The van der Waals surface area contributed by atoms with Crippen molar-refractivity contribution in [3.05, 3.63) is 65.2 Å². The van der Waals surface area contributed by atoms with Crippen LogP contribution in [0.2, 0.25) is 0 Å². The summed E-state index contributed by atoms with van der Waals surface area (Å²) in [4.78, 5) is 32.9. The van der Waals surface area contributed by atoms with Crippen molar-refractivity contribution in [1.82, 2.24) is 15.2 Å². The number of aromatic nitrogens is 1. The Morgan fingerprint density at radius 3 is 2.72 bits per heavy atom. The van der Waals surface area contributed by atoms with Gasteiger partial charge in [-0.05, 0) is 17.7 Å². The quantitative estimate of drug-likeness (QED) is 0.637. The van der Waals surface area contributed by atoms with Gasteiger partial charge in [-0.15, -0.1) is 11.3 Å². The summed E-state index contributed by atoms with van der Waals surface area (Å²) in [5, 5.41) is 3.97. The molecule has 29 heavy (non-hydrogen) atoms. The SMILES string of the molecule is O=C1N[C@H](Cc2ccccc2)C(=O)N1C[NH+]1CCC[C@@H]1c1nc2ccccc2s1. The topological polar surface area (TPSA) is 66.7 Å². The average molecular weight is 408 g/mol. The minimum Gasteiger partial charge on any atom is -0.325 e. The van der Waals surface area contributed by atoms with Crippen molar-refractivity contribution in [2.75, 3.05) is 13.2 Å². The highest BCUT2D eigenvalue weighted by atomic mass is 32.1. The van der Waals surface area contributed by atoms with Crippen LogP contribution in [0.3, 0.4) is 0 Å². The molecule has 3 amide bonds. The van der Waals surface area contributed by atoms with Gasteiger partial charge in [0, 0.05) is 19.3 Å². The molecule has 2 aliphatic heterocycles. The van der Waals surface area contributed by atoms with Crippen molar-refractivity contribution in [2.45, 2.75) is 31.3 Å². The van der Waals surface area contributed by atoms with E-state index >= 15 is 0 Å². The highest BCUT2D eigenvalue weighted by molar-refractivity contribution is 7.18. The number of carbonyl (C=O) groups excluding carboxylic acids is 2. The fraction of sp³-hybridized carbons (Fsp3) is 0.318. The van der Waals surface area contributed by atoms with Crippen LogP contribution >= 0.6 is 11.3 Å². The van der Waals surface area contributed by atoms with Gasteiger partial charge >= 0.3 is 6.03 Å². The van der Waals surface area contributed by atoms with E-state index in [0.29, 0.717) is 13.1 Å². The Morgan fingerprint density at radius 2 is 1.90 bits per heavy atom. The maximum atomic E-state index is 12.9. The first-order valence-electron chi connectivity index (χ1n) is 10.0. The standard InChI is InChI=1S/C22H22N4O2S/c27-21-17(13-15-7-2-1-3-8-15)24-22(28)26(21)14-25-12-6-10-18(25)20-23-16-9-4-5-11-19(16)29-20/h1-5,7-9,11,17-18H,6,10,12-14H2,(H,24,28)/p+1/t17-,18-/m1/s1. The fourth-order valence-corrected chi connectivity index (χ4v) is 5.52. The molecule has 6 nitrogen and oxygen atoms in total. The summed E-state index contributed by atoms with van der Waals surface area (Å²) in [7, 11) is 0. The molecule has 2 saturated heterocycles.